The summed E-state index contributed by atoms with van der Waals surface area (Å²) in [5, 5.41) is 9.97. The SMILES string of the molecule is Brc1c(NC2NCCN2)ccc2nccnc12.Cl. The molecule has 0 spiro atoms. The molecular formula is C11H13BrClN5. The van der Waals surface area contributed by atoms with Crippen LogP contribution in [0.2, 0.25) is 0 Å². The van der Waals surface area contributed by atoms with Crippen LogP contribution in [0, 0.1) is 0 Å². The zero-order chi connectivity index (χ0) is 11.7. The number of halogens is 2. The molecule has 96 valence electrons. The minimum Gasteiger partial charge on any atom is -0.357 e. The highest BCUT2D eigenvalue weighted by Gasteiger charge is 2.14. The normalized spacial score (nSPS) is 15.6. The van der Waals surface area contributed by atoms with Crippen LogP contribution in [0.25, 0.3) is 11.0 Å². The monoisotopic (exact) mass is 329 g/mol. The molecular weight excluding hydrogens is 318 g/mol. The second-order valence-electron chi connectivity index (χ2n) is 3.84. The minimum atomic E-state index is 0. The Morgan fingerprint density at radius 2 is 1.89 bits per heavy atom. The Bertz CT molecular complexity index is 544. The highest BCUT2D eigenvalue weighted by molar-refractivity contribution is 9.10. The van der Waals surface area contributed by atoms with Crippen molar-refractivity contribution in [1.29, 1.82) is 0 Å². The largest absolute Gasteiger partial charge is 0.357 e. The van der Waals surface area contributed by atoms with Gasteiger partial charge in [-0.05, 0) is 28.1 Å². The van der Waals surface area contributed by atoms with Gasteiger partial charge in [0, 0.05) is 25.5 Å². The lowest BCUT2D eigenvalue weighted by molar-refractivity contribution is 0.620. The molecule has 0 aliphatic carbocycles. The molecule has 0 atom stereocenters. The number of rotatable bonds is 2. The van der Waals surface area contributed by atoms with E-state index in [0.29, 0.717) is 0 Å². The molecule has 1 aliphatic heterocycles. The average molecular weight is 331 g/mol. The minimum absolute atomic E-state index is 0. The van der Waals surface area contributed by atoms with E-state index in [0.717, 1.165) is 34.3 Å². The molecule has 0 unspecified atom stereocenters. The van der Waals surface area contributed by atoms with Crippen molar-refractivity contribution < 1.29 is 0 Å². The van der Waals surface area contributed by atoms with Gasteiger partial charge < -0.3 is 5.32 Å². The Morgan fingerprint density at radius 1 is 1.17 bits per heavy atom. The van der Waals surface area contributed by atoms with Crippen LogP contribution in [0.1, 0.15) is 0 Å². The predicted octanol–water partition coefficient (Wildman–Crippen LogP) is 1.70. The highest BCUT2D eigenvalue weighted by Crippen LogP contribution is 2.29. The Balaban J connectivity index is 0.00000120. The van der Waals surface area contributed by atoms with E-state index in [2.05, 4.69) is 41.8 Å². The molecule has 0 saturated carbocycles. The van der Waals surface area contributed by atoms with Crippen molar-refractivity contribution in [2.75, 3.05) is 18.4 Å². The zero-order valence-corrected chi connectivity index (χ0v) is 11.9. The zero-order valence-electron chi connectivity index (χ0n) is 9.48. The number of hydrogen-bond acceptors (Lipinski definition) is 5. The van der Waals surface area contributed by atoms with Gasteiger partial charge in [0.05, 0.1) is 15.7 Å². The number of fused-ring (bicyclic) bond motifs is 1. The van der Waals surface area contributed by atoms with Crippen molar-refractivity contribution in [2.24, 2.45) is 0 Å². The number of hydrogen-bond donors (Lipinski definition) is 3. The maximum Gasteiger partial charge on any atom is 0.132 e. The van der Waals surface area contributed by atoms with E-state index >= 15 is 0 Å². The van der Waals surface area contributed by atoms with Gasteiger partial charge in [-0.3, -0.25) is 20.6 Å². The molecule has 7 heteroatoms. The molecule has 1 aromatic carbocycles. The van der Waals surface area contributed by atoms with Crippen LogP contribution in [0.3, 0.4) is 0 Å². The summed E-state index contributed by atoms with van der Waals surface area (Å²) in [6.07, 6.45) is 3.51. The third-order valence-electron chi connectivity index (χ3n) is 2.70. The van der Waals surface area contributed by atoms with Crippen molar-refractivity contribution in [3.05, 3.63) is 29.0 Å². The van der Waals surface area contributed by atoms with E-state index in [1.54, 1.807) is 12.4 Å². The van der Waals surface area contributed by atoms with Crippen LogP contribution in [0.5, 0.6) is 0 Å². The first-order valence-electron chi connectivity index (χ1n) is 5.47. The fraction of sp³-hybridized carbons (Fsp3) is 0.273. The van der Waals surface area contributed by atoms with Crippen molar-refractivity contribution >= 4 is 45.1 Å². The summed E-state index contributed by atoms with van der Waals surface area (Å²) in [6, 6.07) is 3.97. The lowest BCUT2D eigenvalue weighted by Crippen LogP contribution is -2.38. The van der Waals surface area contributed by atoms with Gasteiger partial charge in [-0.15, -0.1) is 12.4 Å². The van der Waals surface area contributed by atoms with E-state index in [1.807, 2.05) is 12.1 Å². The van der Waals surface area contributed by atoms with Gasteiger partial charge in [-0.25, -0.2) is 0 Å². The van der Waals surface area contributed by atoms with Crippen LogP contribution in [0.15, 0.2) is 29.0 Å². The molecule has 1 fully saturated rings. The molecule has 1 saturated heterocycles. The Hall–Kier alpha value is -0.950. The van der Waals surface area contributed by atoms with Crippen LogP contribution < -0.4 is 16.0 Å². The molecule has 3 N–H and O–H groups in total. The fourth-order valence-electron chi connectivity index (χ4n) is 1.88. The molecule has 0 radical (unpaired) electrons. The lowest BCUT2D eigenvalue weighted by Gasteiger charge is -2.16. The molecule has 0 amide bonds. The van der Waals surface area contributed by atoms with Gasteiger partial charge in [0.2, 0.25) is 0 Å². The van der Waals surface area contributed by atoms with Gasteiger partial charge in [0.25, 0.3) is 0 Å². The van der Waals surface area contributed by atoms with E-state index in [-0.39, 0.29) is 18.7 Å². The first kappa shape index (κ1) is 13.5. The van der Waals surface area contributed by atoms with E-state index in [4.69, 9.17) is 0 Å². The lowest BCUT2D eigenvalue weighted by atomic mass is 10.2. The molecule has 3 rings (SSSR count). The molecule has 1 aliphatic rings. The number of benzene rings is 1. The predicted molar refractivity (Wildman–Crippen MR) is 77.9 cm³/mol. The number of aromatic nitrogens is 2. The average Bonchev–Trinajstić information content (AvgIpc) is 2.86. The summed E-state index contributed by atoms with van der Waals surface area (Å²) in [5.41, 5.74) is 2.76. The number of anilines is 1. The van der Waals surface area contributed by atoms with Crippen LogP contribution >= 0.6 is 28.3 Å². The fourth-order valence-corrected chi connectivity index (χ4v) is 2.43. The first-order valence-corrected chi connectivity index (χ1v) is 6.26. The maximum absolute atomic E-state index is 4.33. The van der Waals surface area contributed by atoms with Crippen molar-refractivity contribution in [2.45, 2.75) is 6.29 Å². The molecule has 5 nitrogen and oxygen atoms in total. The molecule has 0 bridgehead atoms. The highest BCUT2D eigenvalue weighted by atomic mass is 79.9. The van der Waals surface area contributed by atoms with Gasteiger partial charge in [0.15, 0.2) is 0 Å². The quantitative estimate of drug-likeness (QED) is 0.782. The third-order valence-corrected chi connectivity index (χ3v) is 3.50. The molecule has 1 aromatic heterocycles. The summed E-state index contributed by atoms with van der Waals surface area (Å²) in [7, 11) is 0. The second kappa shape index (κ2) is 5.79. The first-order chi connectivity index (χ1) is 8.34. The van der Waals surface area contributed by atoms with Crippen molar-refractivity contribution in [1.82, 2.24) is 20.6 Å². The van der Waals surface area contributed by atoms with Crippen LogP contribution in [0.4, 0.5) is 5.69 Å². The number of nitrogens with one attached hydrogen (secondary N) is 3. The van der Waals surface area contributed by atoms with Crippen LogP contribution in [-0.2, 0) is 0 Å². The van der Waals surface area contributed by atoms with Gasteiger partial charge >= 0.3 is 0 Å². The topological polar surface area (TPSA) is 61.9 Å². The summed E-state index contributed by atoms with van der Waals surface area (Å²) in [5.74, 6) is 0. The molecule has 18 heavy (non-hydrogen) atoms. The Labute approximate surface area is 119 Å². The summed E-state index contributed by atoms with van der Waals surface area (Å²) < 4.78 is 0.943. The second-order valence-corrected chi connectivity index (χ2v) is 4.63. The molecule has 2 heterocycles. The third kappa shape index (κ3) is 2.56. The van der Waals surface area contributed by atoms with Gasteiger partial charge in [-0.2, -0.15) is 0 Å². The van der Waals surface area contributed by atoms with Crippen LogP contribution in [-0.4, -0.2) is 29.3 Å². The van der Waals surface area contributed by atoms with Gasteiger partial charge in [-0.1, -0.05) is 0 Å². The van der Waals surface area contributed by atoms with Crippen molar-refractivity contribution in [3.63, 3.8) is 0 Å². The Kier molecular flexibility index (Phi) is 4.34. The van der Waals surface area contributed by atoms with Crippen molar-refractivity contribution in [3.8, 4) is 0 Å². The van der Waals surface area contributed by atoms with E-state index < -0.39 is 0 Å². The summed E-state index contributed by atoms with van der Waals surface area (Å²) >= 11 is 3.57. The maximum atomic E-state index is 4.33. The summed E-state index contributed by atoms with van der Waals surface area (Å²) in [6.45, 7) is 1.95. The molecule has 2 aromatic rings. The van der Waals surface area contributed by atoms with Gasteiger partial charge in [0.1, 0.15) is 11.8 Å². The standard InChI is InChI=1S/C11H12BrN5.ClH/c12-9-7(17-11-15-5-6-16-11)1-2-8-10(9)14-4-3-13-8;/h1-4,11,15-17H,5-6H2;1H. The van der Waals surface area contributed by atoms with E-state index in [1.165, 1.54) is 0 Å². The van der Waals surface area contributed by atoms with E-state index in [9.17, 15) is 0 Å². The summed E-state index contributed by atoms with van der Waals surface area (Å²) in [4.78, 5) is 8.59. The number of nitrogens with zero attached hydrogens (tertiary/aromatic N) is 2. The smallest absolute Gasteiger partial charge is 0.132 e. The Morgan fingerprint density at radius 3 is 2.67 bits per heavy atom.